The lowest BCUT2D eigenvalue weighted by atomic mass is 10.1. The van der Waals surface area contributed by atoms with Crippen molar-refractivity contribution in [2.24, 2.45) is 0 Å². The lowest BCUT2D eigenvalue weighted by Crippen LogP contribution is -2.40. The van der Waals surface area contributed by atoms with Gasteiger partial charge in [-0.15, -0.1) is 0 Å². The number of amides is 1. The monoisotopic (exact) mass is 241 g/mol. The maximum Gasteiger partial charge on any atom is 0.257 e. The molecule has 0 saturated heterocycles. The van der Waals surface area contributed by atoms with Gasteiger partial charge in [-0.2, -0.15) is 0 Å². The molecule has 1 fully saturated rings. The number of benzene rings is 1. The molecule has 0 atom stereocenters. The smallest absolute Gasteiger partial charge is 0.257 e. The van der Waals surface area contributed by atoms with E-state index in [2.05, 4.69) is 5.32 Å². The van der Waals surface area contributed by atoms with Gasteiger partial charge in [0.1, 0.15) is 17.2 Å². The average molecular weight is 241 g/mol. The zero-order chi connectivity index (χ0) is 12.6. The number of hydrogen-bond acceptors (Lipinski definition) is 2. The van der Waals surface area contributed by atoms with Crippen molar-refractivity contribution in [3.8, 4) is 0 Å². The summed E-state index contributed by atoms with van der Waals surface area (Å²) in [5.41, 5.74) is -1.05. The number of nitrogens with one attached hydrogen (secondary N) is 1. The first kappa shape index (κ1) is 12.0. The largest absolute Gasteiger partial charge is 0.394 e. The van der Waals surface area contributed by atoms with Crippen LogP contribution in [0.25, 0.3) is 0 Å². The molecule has 2 rings (SSSR count). The van der Waals surface area contributed by atoms with Crippen LogP contribution in [-0.4, -0.2) is 23.2 Å². The van der Waals surface area contributed by atoms with Crippen LogP contribution in [0, 0.1) is 18.6 Å². The van der Waals surface area contributed by atoms with Crippen LogP contribution in [0.4, 0.5) is 8.78 Å². The first-order chi connectivity index (χ1) is 7.99. The Labute approximate surface area is 97.5 Å². The van der Waals surface area contributed by atoms with Gasteiger partial charge in [-0.3, -0.25) is 4.79 Å². The van der Waals surface area contributed by atoms with Crippen LogP contribution in [0.5, 0.6) is 0 Å². The average Bonchev–Trinajstić information content (AvgIpc) is 3.05. The minimum atomic E-state index is -0.890. The summed E-state index contributed by atoms with van der Waals surface area (Å²) in [6.07, 6.45) is 1.26. The minimum Gasteiger partial charge on any atom is -0.394 e. The number of halogens is 2. The molecule has 92 valence electrons. The number of aliphatic hydroxyl groups is 1. The summed E-state index contributed by atoms with van der Waals surface area (Å²) in [5, 5.41) is 11.5. The van der Waals surface area contributed by atoms with Gasteiger partial charge in [0.2, 0.25) is 0 Å². The topological polar surface area (TPSA) is 49.3 Å². The van der Waals surface area contributed by atoms with Crippen LogP contribution in [0.1, 0.15) is 28.8 Å². The van der Waals surface area contributed by atoms with E-state index in [4.69, 9.17) is 5.11 Å². The Morgan fingerprint density at radius 1 is 1.47 bits per heavy atom. The first-order valence-electron chi connectivity index (χ1n) is 5.37. The quantitative estimate of drug-likeness (QED) is 0.843. The standard InChI is InChI=1S/C12H13F2NO2/c1-7-2-3-8(13)9(10(7)14)11(17)15-12(6-16)4-5-12/h2-3,16H,4-6H2,1H3,(H,15,17). The molecule has 1 aromatic rings. The van der Waals surface area contributed by atoms with E-state index in [0.717, 1.165) is 6.07 Å². The van der Waals surface area contributed by atoms with E-state index in [9.17, 15) is 13.6 Å². The molecule has 0 heterocycles. The molecule has 1 aliphatic rings. The fourth-order valence-electron chi connectivity index (χ4n) is 1.64. The minimum absolute atomic E-state index is 0.213. The van der Waals surface area contributed by atoms with E-state index in [0.29, 0.717) is 12.8 Å². The third-order valence-corrected chi connectivity index (χ3v) is 3.05. The molecule has 0 aromatic heterocycles. The van der Waals surface area contributed by atoms with Crippen molar-refractivity contribution in [1.29, 1.82) is 0 Å². The lowest BCUT2D eigenvalue weighted by Gasteiger charge is -2.15. The normalized spacial score (nSPS) is 16.7. The second-order valence-corrected chi connectivity index (χ2v) is 4.45. The molecule has 2 N–H and O–H groups in total. The molecule has 3 nitrogen and oxygen atoms in total. The van der Waals surface area contributed by atoms with E-state index in [1.54, 1.807) is 0 Å². The summed E-state index contributed by atoms with van der Waals surface area (Å²) < 4.78 is 27.1. The second-order valence-electron chi connectivity index (χ2n) is 4.45. The van der Waals surface area contributed by atoms with Crippen molar-refractivity contribution >= 4 is 5.91 Å². The molecule has 0 spiro atoms. The molecule has 17 heavy (non-hydrogen) atoms. The molecule has 0 radical (unpaired) electrons. The number of aryl methyl sites for hydroxylation is 1. The van der Waals surface area contributed by atoms with E-state index in [-0.39, 0.29) is 12.2 Å². The Morgan fingerprint density at radius 2 is 2.12 bits per heavy atom. The number of rotatable bonds is 3. The highest BCUT2D eigenvalue weighted by molar-refractivity contribution is 5.95. The molecule has 5 heteroatoms. The molecule has 1 aliphatic carbocycles. The first-order valence-corrected chi connectivity index (χ1v) is 5.37. The Kier molecular flexibility index (Phi) is 2.87. The van der Waals surface area contributed by atoms with Gasteiger partial charge in [-0.25, -0.2) is 8.78 Å². The van der Waals surface area contributed by atoms with Crippen LogP contribution in [0.15, 0.2) is 12.1 Å². The fraction of sp³-hybridized carbons (Fsp3) is 0.417. The molecule has 0 bridgehead atoms. The van der Waals surface area contributed by atoms with Gasteiger partial charge >= 0.3 is 0 Å². The van der Waals surface area contributed by atoms with Gasteiger partial charge in [0.15, 0.2) is 0 Å². The fourth-order valence-corrected chi connectivity index (χ4v) is 1.64. The molecule has 0 unspecified atom stereocenters. The summed E-state index contributed by atoms with van der Waals surface area (Å²) >= 11 is 0. The van der Waals surface area contributed by atoms with Crippen molar-refractivity contribution in [1.82, 2.24) is 5.32 Å². The number of aliphatic hydroxyl groups excluding tert-OH is 1. The third kappa shape index (κ3) is 2.15. The van der Waals surface area contributed by atoms with Gasteiger partial charge in [0.05, 0.1) is 12.1 Å². The van der Waals surface area contributed by atoms with Crippen LogP contribution in [0.2, 0.25) is 0 Å². The molecule has 0 aliphatic heterocycles. The maximum atomic E-state index is 13.6. The SMILES string of the molecule is Cc1ccc(F)c(C(=O)NC2(CO)CC2)c1F. The number of carbonyl (C=O) groups excluding carboxylic acids is 1. The van der Waals surface area contributed by atoms with Crippen LogP contribution in [-0.2, 0) is 0 Å². The van der Waals surface area contributed by atoms with Crippen LogP contribution >= 0.6 is 0 Å². The predicted molar refractivity (Wildman–Crippen MR) is 57.6 cm³/mol. The zero-order valence-corrected chi connectivity index (χ0v) is 9.39. The number of carbonyl (C=O) groups is 1. The molecule has 1 aromatic carbocycles. The van der Waals surface area contributed by atoms with Gasteiger partial charge in [-0.05, 0) is 31.4 Å². The second kappa shape index (κ2) is 4.07. The van der Waals surface area contributed by atoms with Crippen LogP contribution in [0.3, 0.4) is 0 Å². The highest BCUT2D eigenvalue weighted by Gasteiger charge is 2.44. The van der Waals surface area contributed by atoms with Gasteiger partial charge < -0.3 is 10.4 Å². The molecule has 1 amide bonds. The van der Waals surface area contributed by atoms with Crippen LogP contribution < -0.4 is 5.32 Å². The Morgan fingerprint density at radius 3 is 2.65 bits per heavy atom. The van der Waals surface area contributed by atoms with E-state index < -0.39 is 28.6 Å². The van der Waals surface area contributed by atoms with Gasteiger partial charge in [0, 0.05) is 0 Å². The summed E-state index contributed by atoms with van der Waals surface area (Å²) in [7, 11) is 0. The zero-order valence-electron chi connectivity index (χ0n) is 9.39. The highest BCUT2D eigenvalue weighted by Crippen LogP contribution is 2.35. The highest BCUT2D eigenvalue weighted by atomic mass is 19.1. The Bertz CT molecular complexity index is 470. The maximum absolute atomic E-state index is 13.6. The van der Waals surface area contributed by atoms with Crippen molar-refractivity contribution in [2.45, 2.75) is 25.3 Å². The third-order valence-electron chi connectivity index (χ3n) is 3.05. The molecular formula is C12H13F2NO2. The Balaban J connectivity index is 2.28. The summed E-state index contributed by atoms with van der Waals surface area (Å²) in [4.78, 5) is 11.8. The predicted octanol–water partition coefficient (Wildman–Crippen LogP) is 1.53. The lowest BCUT2D eigenvalue weighted by molar-refractivity contribution is 0.0898. The van der Waals surface area contributed by atoms with Crippen molar-refractivity contribution in [3.63, 3.8) is 0 Å². The van der Waals surface area contributed by atoms with Gasteiger partial charge in [-0.1, -0.05) is 6.07 Å². The summed E-state index contributed by atoms with van der Waals surface area (Å²) in [5.74, 6) is -2.55. The van der Waals surface area contributed by atoms with Crippen molar-refractivity contribution in [3.05, 3.63) is 34.9 Å². The summed E-state index contributed by atoms with van der Waals surface area (Å²) in [6, 6.07) is 2.34. The molecular weight excluding hydrogens is 228 g/mol. The number of hydrogen-bond donors (Lipinski definition) is 2. The van der Waals surface area contributed by atoms with E-state index in [1.165, 1.54) is 13.0 Å². The molecule has 1 saturated carbocycles. The van der Waals surface area contributed by atoms with E-state index in [1.807, 2.05) is 0 Å². The van der Waals surface area contributed by atoms with E-state index >= 15 is 0 Å². The van der Waals surface area contributed by atoms with Gasteiger partial charge in [0.25, 0.3) is 5.91 Å². The van der Waals surface area contributed by atoms with Crippen molar-refractivity contribution < 1.29 is 18.7 Å². The Hall–Kier alpha value is -1.49. The van der Waals surface area contributed by atoms with Crippen molar-refractivity contribution in [2.75, 3.05) is 6.61 Å². The summed E-state index contributed by atoms with van der Waals surface area (Å²) in [6.45, 7) is 1.25.